The fourth-order valence-corrected chi connectivity index (χ4v) is 2.31. The van der Waals surface area contributed by atoms with Crippen molar-refractivity contribution in [1.82, 2.24) is 4.98 Å². The summed E-state index contributed by atoms with van der Waals surface area (Å²) in [5.41, 5.74) is 7.13. The number of benzene rings is 2. The van der Waals surface area contributed by atoms with E-state index in [0.29, 0.717) is 11.1 Å². The van der Waals surface area contributed by atoms with Gasteiger partial charge in [0.2, 0.25) is 0 Å². The highest BCUT2D eigenvalue weighted by Crippen LogP contribution is 2.36. The number of fused-ring (bicyclic) bond motifs is 1. The molecule has 106 valence electrons. The molecule has 2 aromatic carbocycles. The lowest BCUT2D eigenvalue weighted by Gasteiger charge is -2.12. The molecule has 1 heterocycles. The summed E-state index contributed by atoms with van der Waals surface area (Å²) in [6, 6.07) is 12.6. The van der Waals surface area contributed by atoms with Gasteiger partial charge in [-0.3, -0.25) is 4.98 Å². The van der Waals surface area contributed by atoms with Gasteiger partial charge in [0.15, 0.2) is 0 Å². The molecule has 0 aliphatic heterocycles. The second kappa shape index (κ2) is 4.77. The number of nitrogens with zero attached hydrogens (tertiary/aromatic N) is 1. The highest BCUT2D eigenvalue weighted by atomic mass is 19.4. The Bertz CT molecular complexity index is 805. The zero-order chi connectivity index (χ0) is 15.0. The average Bonchev–Trinajstić information content (AvgIpc) is 2.46. The molecule has 3 rings (SSSR count). The number of hydrogen-bond acceptors (Lipinski definition) is 2. The maximum absolute atomic E-state index is 12.7. The number of anilines is 1. The molecule has 21 heavy (non-hydrogen) atoms. The Labute approximate surface area is 119 Å². The number of hydrogen-bond donors (Lipinski definition) is 1. The first-order valence-corrected chi connectivity index (χ1v) is 6.27. The number of nitrogens with two attached hydrogens (primary N) is 1. The molecule has 2 N–H and O–H groups in total. The molecule has 2 nitrogen and oxygen atoms in total. The monoisotopic (exact) mass is 288 g/mol. The maximum Gasteiger partial charge on any atom is 0.416 e. The molecule has 0 fully saturated rings. The molecule has 0 saturated carbocycles. The van der Waals surface area contributed by atoms with E-state index in [-0.39, 0.29) is 5.69 Å². The topological polar surface area (TPSA) is 38.9 Å². The van der Waals surface area contributed by atoms with Crippen molar-refractivity contribution in [2.45, 2.75) is 6.18 Å². The van der Waals surface area contributed by atoms with Crippen LogP contribution in [0.4, 0.5) is 18.9 Å². The number of nitrogen functional groups attached to an aromatic ring is 1. The van der Waals surface area contributed by atoms with Crippen LogP contribution in [0.5, 0.6) is 0 Å². The third kappa shape index (κ3) is 2.42. The number of alkyl halides is 3. The summed E-state index contributed by atoms with van der Waals surface area (Å²) in [5, 5.41) is 0.911. The molecule has 0 radical (unpaired) electrons. The number of pyridine rings is 1. The predicted molar refractivity (Wildman–Crippen MR) is 76.6 cm³/mol. The van der Waals surface area contributed by atoms with Crippen LogP contribution in [0.3, 0.4) is 0 Å². The van der Waals surface area contributed by atoms with E-state index in [1.165, 1.54) is 6.07 Å². The number of halogens is 3. The average molecular weight is 288 g/mol. The van der Waals surface area contributed by atoms with Crippen molar-refractivity contribution in [3.8, 4) is 11.1 Å². The quantitative estimate of drug-likeness (QED) is 0.669. The van der Waals surface area contributed by atoms with Gasteiger partial charge in [0.1, 0.15) is 0 Å². The Kier molecular flexibility index (Phi) is 3.05. The van der Waals surface area contributed by atoms with E-state index < -0.39 is 11.7 Å². The van der Waals surface area contributed by atoms with Gasteiger partial charge in [0, 0.05) is 28.4 Å². The minimum Gasteiger partial charge on any atom is -0.398 e. The summed E-state index contributed by atoms with van der Waals surface area (Å²) >= 11 is 0. The third-order valence-electron chi connectivity index (χ3n) is 3.30. The van der Waals surface area contributed by atoms with Crippen LogP contribution < -0.4 is 5.73 Å². The lowest BCUT2D eigenvalue weighted by molar-refractivity contribution is -0.137. The van der Waals surface area contributed by atoms with Crippen molar-refractivity contribution < 1.29 is 13.2 Å². The Morgan fingerprint density at radius 1 is 0.905 bits per heavy atom. The fraction of sp³-hybridized carbons (Fsp3) is 0.0625. The highest BCUT2D eigenvalue weighted by Gasteiger charge is 2.30. The van der Waals surface area contributed by atoms with E-state index in [4.69, 9.17) is 5.73 Å². The van der Waals surface area contributed by atoms with Gasteiger partial charge in [0.05, 0.1) is 11.1 Å². The third-order valence-corrected chi connectivity index (χ3v) is 3.30. The molecule has 0 aliphatic carbocycles. The minimum absolute atomic E-state index is 0.0861. The molecule has 0 spiro atoms. The zero-order valence-electron chi connectivity index (χ0n) is 10.9. The van der Waals surface area contributed by atoms with Crippen molar-refractivity contribution in [3.05, 3.63) is 60.3 Å². The lowest BCUT2D eigenvalue weighted by Crippen LogP contribution is -2.06. The predicted octanol–water partition coefficient (Wildman–Crippen LogP) is 4.50. The van der Waals surface area contributed by atoms with Gasteiger partial charge in [-0.25, -0.2) is 0 Å². The Morgan fingerprint density at radius 3 is 2.38 bits per heavy atom. The van der Waals surface area contributed by atoms with E-state index in [2.05, 4.69) is 4.98 Å². The molecule has 3 aromatic rings. The molecule has 0 aliphatic rings. The molecule has 1 aromatic heterocycles. The van der Waals surface area contributed by atoms with Crippen molar-refractivity contribution in [2.75, 3.05) is 5.73 Å². The summed E-state index contributed by atoms with van der Waals surface area (Å²) in [6.07, 6.45) is -2.75. The van der Waals surface area contributed by atoms with Gasteiger partial charge < -0.3 is 5.73 Å². The van der Waals surface area contributed by atoms with Crippen LogP contribution in [-0.2, 0) is 6.18 Å². The first kappa shape index (κ1) is 13.4. The molecule has 0 unspecified atom stereocenters. The highest BCUT2D eigenvalue weighted by molar-refractivity contribution is 5.96. The Morgan fingerprint density at radius 2 is 1.67 bits per heavy atom. The molecular formula is C16H11F3N2. The summed E-state index contributed by atoms with van der Waals surface area (Å²) < 4.78 is 38.1. The van der Waals surface area contributed by atoms with Crippen LogP contribution in [0.25, 0.3) is 22.0 Å². The molecule has 0 bridgehead atoms. The molecule has 0 amide bonds. The summed E-state index contributed by atoms with van der Waals surface area (Å²) in [7, 11) is 0. The normalized spacial score (nSPS) is 11.8. The van der Waals surface area contributed by atoms with Gasteiger partial charge >= 0.3 is 6.18 Å². The van der Waals surface area contributed by atoms with Gasteiger partial charge in [-0.2, -0.15) is 13.2 Å². The lowest BCUT2D eigenvalue weighted by atomic mass is 9.99. The van der Waals surface area contributed by atoms with Crippen LogP contribution in [0.1, 0.15) is 5.56 Å². The number of para-hydroxylation sites is 1. The fourth-order valence-electron chi connectivity index (χ4n) is 2.31. The second-order valence-corrected chi connectivity index (χ2v) is 4.68. The van der Waals surface area contributed by atoms with Crippen molar-refractivity contribution in [2.24, 2.45) is 0 Å². The largest absolute Gasteiger partial charge is 0.416 e. The SMILES string of the molecule is Nc1cc(C(F)(F)F)ccc1-c1cccc2cccnc12. The van der Waals surface area contributed by atoms with Crippen LogP contribution in [0.15, 0.2) is 54.7 Å². The first-order valence-electron chi connectivity index (χ1n) is 6.27. The van der Waals surface area contributed by atoms with E-state index >= 15 is 0 Å². The summed E-state index contributed by atoms with van der Waals surface area (Å²) in [5.74, 6) is 0. The van der Waals surface area contributed by atoms with E-state index in [0.717, 1.165) is 23.1 Å². The van der Waals surface area contributed by atoms with E-state index in [9.17, 15) is 13.2 Å². The minimum atomic E-state index is -4.40. The van der Waals surface area contributed by atoms with Crippen molar-refractivity contribution in [3.63, 3.8) is 0 Å². The molecule has 0 atom stereocenters. The zero-order valence-corrected chi connectivity index (χ0v) is 10.9. The number of aromatic nitrogens is 1. The van der Waals surface area contributed by atoms with Gasteiger partial charge in [-0.1, -0.05) is 30.3 Å². The van der Waals surface area contributed by atoms with Crippen LogP contribution in [0, 0.1) is 0 Å². The molecule has 5 heteroatoms. The molecular weight excluding hydrogens is 277 g/mol. The first-order chi connectivity index (χ1) is 9.97. The van der Waals surface area contributed by atoms with Gasteiger partial charge in [-0.15, -0.1) is 0 Å². The van der Waals surface area contributed by atoms with Gasteiger partial charge in [0.25, 0.3) is 0 Å². The molecule has 0 saturated heterocycles. The van der Waals surface area contributed by atoms with Crippen molar-refractivity contribution in [1.29, 1.82) is 0 Å². The maximum atomic E-state index is 12.7. The summed E-state index contributed by atoms with van der Waals surface area (Å²) in [4.78, 5) is 4.29. The Balaban J connectivity index is 2.20. The van der Waals surface area contributed by atoms with Crippen LogP contribution in [-0.4, -0.2) is 4.98 Å². The van der Waals surface area contributed by atoms with E-state index in [1.807, 2.05) is 24.3 Å². The van der Waals surface area contributed by atoms with Crippen LogP contribution in [0.2, 0.25) is 0 Å². The van der Waals surface area contributed by atoms with E-state index in [1.54, 1.807) is 12.3 Å². The second-order valence-electron chi connectivity index (χ2n) is 4.68. The van der Waals surface area contributed by atoms with Crippen LogP contribution >= 0.6 is 0 Å². The summed E-state index contributed by atoms with van der Waals surface area (Å²) in [6.45, 7) is 0. The van der Waals surface area contributed by atoms with Gasteiger partial charge in [-0.05, 0) is 18.2 Å². The van der Waals surface area contributed by atoms with Crippen molar-refractivity contribution >= 4 is 16.6 Å². The number of rotatable bonds is 1. The standard InChI is InChI=1S/C16H11F3N2/c17-16(18,19)11-6-7-12(14(20)9-11)13-5-1-3-10-4-2-8-21-15(10)13/h1-9H,20H2. The Hall–Kier alpha value is -2.56. The smallest absolute Gasteiger partial charge is 0.398 e.